The van der Waals surface area contributed by atoms with Crippen LogP contribution >= 0.6 is 0 Å². The zero-order chi connectivity index (χ0) is 9.84. The van der Waals surface area contributed by atoms with E-state index in [4.69, 9.17) is 4.42 Å². The quantitative estimate of drug-likeness (QED) is 0.750. The summed E-state index contributed by atoms with van der Waals surface area (Å²) < 4.78 is 5.12. The van der Waals surface area contributed by atoms with Crippen molar-refractivity contribution in [2.24, 2.45) is 0 Å². The number of nitrogens with zero attached hydrogens (tertiary/aromatic N) is 1. The van der Waals surface area contributed by atoms with Gasteiger partial charge in [0.05, 0.1) is 12.8 Å². The highest BCUT2D eigenvalue weighted by molar-refractivity contribution is 5.73. The Hall–Kier alpha value is -1.45. The van der Waals surface area contributed by atoms with Crippen LogP contribution in [0.2, 0.25) is 0 Å². The van der Waals surface area contributed by atoms with E-state index in [1.165, 1.54) is 0 Å². The summed E-state index contributed by atoms with van der Waals surface area (Å²) in [4.78, 5) is 12.7. The second-order valence-corrected chi connectivity index (χ2v) is 2.91. The highest BCUT2D eigenvalue weighted by Crippen LogP contribution is 2.10. The van der Waals surface area contributed by atoms with E-state index in [9.17, 15) is 4.79 Å². The standard InChI is InChI=1S/C9H14N2O2/c1-7-8(4-5-13-7)6-11(3)9(12)10-2/h4-5H,6H2,1-3H3,(H,10,12). The minimum atomic E-state index is -0.0967. The highest BCUT2D eigenvalue weighted by Gasteiger charge is 2.09. The summed E-state index contributed by atoms with van der Waals surface area (Å²) in [6.45, 7) is 2.45. The van der Waals surface area contributed by atoms with Gasteiger partial charge in [-0.05, 0) is 13.0 Å². The highest BCUT2D eigenvalue weighted by atomic mass is 16.3. The van der Waals surface area contributed by atoms with Crippen molar-refractivity contribution >= 4 is 6.03 Å². The Bertz CT molecular complexity index is 294. The molecule has 0 spiro atoms. The van der Waals surface area contributed by atoms with Crippen LogP contribution in [0.15, 0.2) is 16.7 Å². The third-order valence-electron chi connectivity index (χ3n) is 1.93. The molecule has 0 atom stereocenters. The average molecular weight is 182 g/mol. The van der Waals surface area contributed by atoms with Crippen LogP contribution in [0.4, 0.5) is 4.79 Å². The molecule has 0 fully saturated rings. The van der Waals surface area contributed by atoms with Crippen LogP contribution in [-0.2, 0) is 6.54 Å². The summed E-state index contributed by atoms with van der Waals surface area (Å²) in [5.74, 6) is 0.857. The first-order chi connectivity index (χ1) is 6.15. The van der Waals surface area contributed by atoms with Crippen molar-refractivity contribution in [2.45, 2.75) is 13.5 Å². The van der Waals surface area contributed by atoms with Crippen molar-refractivity contribution in [3.05, 3.63) is 23.7 Å². The van der Waals surface area contributed by atoms with Crippen LogP contribution < -0.4 is 5.32 Å². The third kappa shape index (κ3) is 2.24. The molecule has 1 aromatic heterocycles. The van der Waals surface area contributed by atoms with Crippen LogP contribution in [0.5, 0.6) is 0 Å². The van der Waals surface area contributed by atoms with E-state index in [-0.39, 0.29) is 6.03 Å². The van der Waals surface area contributed by atoms with E-state index in [1.807, 2.05) is 13.0 Å². The molecule has 1 rings (SSSR count). The smallest absolute Gasteiger partial charge is 0.317 e. The number of urea groups is 1. The van der Waals surface area contributed by atoms with Gasteiger partial charge in [0, 0.05) is 19.7 Å². The first kappa shape index (κ1) is 9.64. The molecule has 1 heterocycles. The molecule has 72 valence electrons. The van der Waals surface area contributed by atoms with E-state index < -0.39 is 0 Å². The van der Waals surface area contributed by atoms with Crippen LogP contribution in [0, 0.1) is 6.92 Å². The van der Waals surface area contributed by atoms with Gasteiger partial charge in [0.1, 0.15) is 5.76 Å². The van der Waals surface area contributed by atoms with Crippen molar-refractivity contribution in [1.29, 1.82) is 0 Å². The van der Waals surface area contributed by atoms with Gasteiger partial charge < -0.3 is 14.6 Å². The summed E-state index contributed by atoms with van der Waals surface area (Å²) >= 11 is 0. The van der Waals surface area contributed by atoms with Gasteiger partial charge >= 0.3 is 6.03 Å². The van der Waals surface area contributed by atoms with Crippen molar-refractivity contribution in [2.75, 3.05) is 14.1 Å². The molecular formula is C9H14N2O2. The van der Waals surface area contributed by atoms with Crippen LogP contribution in [0.3, 0.4) is 0 Å². The monoisotopic (exact) mass is 182 g/mol. The predicted molar refractivity (Wildman–Crippen MR) is 49.4 cm³/mol. The molecule has 13 heavy (non-hydrogen) atoms. The minimum Gasteiger partial charge on any atom is -0.469 e. The zero-order valence-electron chi connectivity index (χ0n) is 8.13. The number of amides is 2. The maximum Gasteiger partial charge on any atom is 0.317 e. The topological polar surface area (TPSA) is 45.5 Å². The number of rotatable bonds is 2. The number of carbonyl (C=O) groups is 1. The molecule has 4 heteroatoms. The SMILES string of the molecule is CNC(=O)N(C)Cc1ccoc1C. The Labute approximate surface area is 77.5 Å². The van der Waals surface area contributed by atoms with E-state index >= 15 is 0 Å². The van der Waals surface area contributed by atoms with Gasteiger partial charge in [0.25, 0.3) is 0 Å². The normalized spacial score (nSPS) is 9.77. The molecule has 0 unspecified atom stereocenters. The van der Waals surface area contributed by atoms with Gasteiger partial charge in [0.2, 0.25) is 0 Å². The molecule has 0 bridgehead atoms. The number of aryl methyl sites for hydroxylation is 1. The van der Waals surface area contributed by atoms with Gasteiger partial charge in [0.15, 0.2) is 0 Å². The lowest BCUT2D eigenvalue weighted by Gasteiger charge is -2.15. The third-order valence-corrected chi connectivity index (χ3v) is 1.93. The Morgan fingerprint density at radius 3 is 2.85 bits per heavy atom. The lowest BCUT2D eigenvalue weighted by atomic mass is 10.2. The number of hydrogen-bond donors (Lipinski definition) is 1. The zero-order valence-corrected chi connectivity index (χ0v) is 8.13. The van der Waals surface area contributed by atoms with E-state index in [2.05, 4.69) is 5.32 Å². The second-order valence-electron chi connectivity index (χ2n) is 2.91. The minimum absolute atomic E-state index is 0.0967. The molecule has 0 aliphatic heterocycles. The van der Waals surface area contributed by atoms with Gasteiger partial charge in [-0.1, -0.05) is 0 Å². The second kappa shape index (κ2) is 3.98. The molecule has 2 amide bonds. The van der Waals surface area contributed by atoms with Crippen LogP contribution in [0.25, 0.3) is 0 Å². The molecule has 0 aliphatic carbocycles. The Kier molecular flexibility index (Phi) is 2.95. The van der Waals surface area contributed by atoms with Gasteiger partial charge in [-0.15, -0.1) is 0 Å². The first-order valence-electron chi connectivity index (χ1n) is 4.11. The van der Waals surface area contributed by atoms with E-state index in [0.717, 1.165) is 11.3 Å². The lowest BCUT2D eigenvalue weighted by molar-refractivity contribution is 0.209. The van der Waals surface area contributed by atoms with Gasteiger partial charge in [-0.2, -0.15) is 0 Å². The Morgan fingerprint density at radius 2 is 2.38 bits per heavy atom. The fraction of sp³-hybridized carbons (Fsp3) is 0.444. The summed E-state index contributed by atoms with van der Waals surface area (Å²) in [6, 6.07) is 1.77. The number of nitrogens with one attached hydrogen (secondary N) is 1. The fourth-order valence-corrected chi connectivity index (χ4v) is 1.09. The maximum atomic E-state index is 11.1. The molecular weight excluding hydrogens is 168 g/mol. The van der Waals surface area contributed by atoms with Crippen molar-refractivity contribution in [3.63, 3.8) is 0 Å². The van der Waals surface area contributed by atoms with E-state index in [1.54, 1.807) is 25.3 Å². The first-order valence-corrected chi connectivity index (χ1v) is 4.11. The van der Waals surface area contributed by atoms with Crippen molar-refractivity contribution in [1.82, 2.24) is 10.2 Å². The molecule has 1 aromatic rings. The lowest BCUT2D eigenvalue weighted by Crippen LogP contribution is -2.34. The van der Waals surface area contributed by atoms with Crippen LogP contribution in [-0.4, -0.2) is 25.0 Å². The molecule has 0 saturated heterocycles. The van der Waals surface area contributed by atoms with Crippen LogP contribution in [0.1, 0.15) is 11.3 Å². The molecule has 0 aliphatic rings. The Balaban J connectivity index is 2.59. The maximum absolute atomic E-state index is 11.1. The molecule has 0 aromatic carbocycles. The predicted octanol–water partition coefficient (Wildman–Crippen LogP) is 1.36. The molecule has 4 nitrogen and oxygen atoms in total. The summed E-state index contributed by atoms with van der Waals surface area (Å²) in [6.07, 6.45) is 1.63. The molecule has 0 saturated carbocycles. The largest absolute Gasteiger partial charge is 0.469 e. The van der Waals surface area contributed by atoms with Gasteiger partial charge in [-0.25, -0.2) is 4.79 Å². The Morgan fingerprint density at radius 1 is 1.69 bits per heavy atom. The summed E-state index contributed by atoms with van der Waals surface area (Å²) in [5, 5.41) is 2.55. The molecule has 1 N–H and O–H groups in total. The summed E-state index contributed by atoms with van der Waals surface area (Å²) in [7, 11) is 3.35. The number of hydrogen-bond acceptors (Lipinski definition) is 2. The number of carbonyl (C=O) groups excluding carboxylic acids is 1. The number of furan rings is 1. The summed E-state index contributed by atoms with van der Waals surface area (Å²) in [5.41, 5.74) is 1.03. The average Bonchev–Trinajstić information content (AvgIpc) is 2.50. The van der Waals surface area contributed by atoms with Crippen molar-refractivity contribution < 1.29 is 9.21 Å². The molecule has 0 radical (unpaired) electrons. The fourth-order valence-electron chi connectivity index (χ4n) is 1.09. The van der Waals surface area contributed by atoms with E-state index in [0.29, 0.717) is 6.54 Å². The van der Waals surface area contributed by atoms with Gasteiger partial charge in [-0.3, -0.25) is 0 Å². The van der Waals surface area contributed by atoms with Crippen molar-refractivity contribution in [3.8, 4) is 0 Å².